The first-order valence-electron chi connectivity index (χ1n) is 8.67. The van der Waals surface area contributed by atoms with E-state index in [2.05, 4.69) is 0 Å². The number of hydrogen-bond donors (Lipinski definition) is 0. The quantitative estimate of drug-likeness (QED) is 0.119. The van der Waals surface area contributed by atoms with E-state index in [1.807, 2.05) is 26.2 Å². The van der Waals surface area contributed by atoms with Gasteiger partial charge in [0.1, 0.15) is 0 Å². The van der Waals surface area contributed by atoms with E-state index in [1.165, 1.54) is 0 Å². The van der Waals surface area contributed by atoms with Gasteiger partial charge in [-0.25, -0.2) is 0 Å². The molecule has 0 rings (SSSR count). The highest BCUT2D eigenvalue weighted by atomic mass is 35.7. The molecule has 0 N–H and O–H groups in total. The molecule has 3 nitrogen and oxygen atoms in total. The average molecular weight is 559 g/mol. The highest BCUT2D eigenvalue weighted by Crippen LogP contribution is 2.25. The molecule has 0 amide bonds. The van der Waals surface area contributed by atoms with Gasteiger partial charge >= 0.3 is 8.80 Å². The van der Waals surface area contributed by atoms with E-state index in [9.17, 15) is 0 Å². The summed E-state index contributed by atoms with van der Waals surface area (Å²) in [5.74, 6) is 0. The van der Waals surface area contributed by atoms with Crippen LogP contribution in [-0.2, 0) is 13.3 Å². The van der Waals surface area contributed by atoms with Crippen LogP contribution in [0.25, 0.3) is 0 Å². The van der Waals surface area contributed by atoms with Crippen molar-refractivity contribution in [3.63, 3.8) is 0 Å². The van der Waals surface area contributed by atoms with Gasteiger partial charge in [-0.1, -0.05) is 0 Å². The first-order chi connectivity index (χ1) is 11.6. The monoisotopic (exact) mass is 556 g/mol. The Morgan fingerprint density at radius 3 is 0.923 bits per heavy atom. The van der Waals surface area contributed by atoms with E-state index >= 15 is 0 Å². The van der Waals surface area contributed by atoms with Crippen LogP contribution in [-0.4, -0.2) is 48.7 Å². The molecule has 26 heavy (non-hydrogen) atoms. The summed E-state index contributed by atoms with van der Waals surface area (Å²) in [7, 11) is -2.75. The summed E-state index contributed by atoms with van der Waals surface area (Å²) in [6.45, 7) is 2.82. The molecule has 0 aliphatic rings. The van der Waals surface area contributed by atoms with Crippen molar-refractivity contribution >= 4 is 95.4 Å². The summed E-state index contributed by atoms with van der Waals surface area (Å²) in [6.07, 6.45) is 2.36. The van der Waals surface area contributed by atoms with E-state index in [0.29, 0.717) is 19.8 Å². The van der Waals surface area contributed by atoms with Crippen molar-refractivity contribution in [2.75, 3.05) is 19.8 Å². The average Bonchev–Trinajstić information content (AvgIpc) is 2.42. The van der Waals surface area contributed by atoms with Crippen LogP contribution < -0.4 is 0 Å². The molecule has 0 unspecified atom stereocenters. The Morgan fingerprint density at radius 2 is 0.731 bits per heavy atom. The summed E-state index contributed by atoms with van der Waals surface area (Å²) in [5, 5.41) is 0. The zero-order valence-corrected chi connectivity index (χ0v) is 24.4. The van der Waals surface area contributed by atoms with E-state index in [1.54, 1.807) is 0 Å². The van der Waals surface area contributed by atoms with Gasteiger partial charge in [0.25, 0.3) is 0 Å². The van der Waals surface area contributed by atoms with Crippen molar-refractivity contribution in [3.8, 4) is 0 Å². The fraction of sp³-hybridized carbons (Fsp3) is 1.00. The van der Waals surface area contributed by atoms with Crippen LogP contribution in [0.4, 0.5) is 0 Å². The third kappa shape index (κ3) is 19.8. The third-order valence-corrected chi connectivity index (χ3v) is 12.7. The summed E-state index contributed by atoms with van der Waals surface area (Å²) in [5.41, 5.74) is 0. The van der Waals surface area contributed by atoms with Gasteiger partial charge in [-0.05, 0) is 57.0 Å². The van der Waals surface area contributed by atoms with Gasteiger partial charge in [-0.3, -0.25) is 0 Å². The Bertz CT molecular complexity index is 332. The molecule has 0 saturated carbocycles. The lowest BCUT2D eigenvalue weighted by atomic mass is 10.5. The van der Waals surface area contributed by atoms with Crippen LogP contribution in [0.2, 0.25) is 44.3 Å². The van der Waals surface area contributed by atoms with Gasteiger partial charge in [0.05, 0.1) is 0 Å². The first-order valence-corrected chi connectivity index (χ1v) is 25.1. The fourth-order valence-corrected chi connectivity index (χ4v) is 8.54. The van der Waals surface area contributed by atoms with E-state index in [0.717, 1.165) is 37.4 Å². The van der Waals surface area contributed by atoms with Gasteiger partial charge in [0, 0.05) is 26.4 Å². The minimum Gasteiger partial charge on any atom is -0.374 e. The van der Waals surface area contributed by atoms with Gasteiger partial charge in [0.15, 0.2) is 0 Å². The molecular formula is C13H30Cl6O3Si4. The van der Waals surface area contributed by atoms with Gasteiger partial charge < -0.3 is 13.3 Å². The summed E-state index contributed by atoms with van der Waals surface area (Å²) in [4.78, 5) is 0. The minimum atomic E-state index is -2.75. The fourth-order valence-electron chi connectivity index (χ4n) is 2.05. The van der Waals surface area contributed by atoms with Crippen molar-refractivity contribution in [3.05, 3.63) is 0 Å². The minimum absolute atomic E-state index is 0.514. The van der Waals surface area contributed by atoms with Crippen LogP contribution >= 0.6 is 66.5 Å². The van der Waals surface area contributed by atoms with Gasteiger partial charge in [0.2, 0.25) is 20.1 Å². The number of halogens is 6. The van der Waals surface area contributed by atoms with Gasteiger partial charge in [-0.15, -0.1) is 66.5 Å². The maximum absolute atomic E-state index is 6.13. The van der Waals surface area contributed by atoms with Crippen molar-refractivity contribution in [2.45, 2.75) is 63.6 Å². The molecule has 0 aromatic heterocycles. The third-order valence-electron chi connectivity index (χ3n) is 3.37. The second kappa shape index (κ2) is 13.0. The summed E-state index contributed by atoms with van der Waals surface area (Å²) < 4.78 is 17.9. The second-order valence-electron chi connectivity index (χ2n) is 6.93. The van der Waals surface area contributed by atoms with Crippen molar-refractivity contribution < 1.29 is 13.3 Å². The van der Waals surface area contributed by atoms with Crippen LogP contribution in [0.1, 0.15) is 19.3 Å². The van der Waals surface area contributed by atoms with Crippen molar-refractivity contribution in [1.29, 1.82) is 0 Å². The normalized spacial score (nSPS) is 14.1. The topological polar surface area (TPSA) is 27.7 Å². The molecule has 0 bridgehead atoms. The molecule has 0 fully saturated rings. The lowest BCUT2D eigenvalue weighted by molar-refractivity contribution is 0.0658. The molecule has 0 atom stereocenters. The highest BCUT2D eigenvalue weighted by molar-refractivity contribution is 7.45. The molecule has 13 heteroatoms. The Kier molecular flexibility index (Phi) is 14.3. The maximum atomic E-state index is 6.13. The molecule has 158 valence electrons. The summed E-state index contributed by atoms with van der Waals surface area (Å²) >= 11 is 36.8. The molecule has 0 spiro atoms. The highest BCUT2D eigenvalue weighted by Gasteiger charge is 2.35. The Balaban J connectivity index is 4.40. The zero-order chi connectivity index (χ0) is 20.5. The standard InChI is InChI=1S/C13H30Cl6O3Si4/c1-23(14,15)11-5-8-20-26(4,21-9-6-12-24(2,16)17)22-10-7-13-25(3,18)19/h5-13H2,1-4H3. The lowest BCUT2D eigenvalue weighted by Crippen LogP contribution is -2.43. The number of rotatable bonds is 15. The molecule has 0 aliphatic heterocycles. The SMILES string of the molecule is C[Si](Cl)(Cl)CCCO[Si](C)(OCCC[Si](C)(Cl)Cl)OCCC[Si](C)(Cl)Cl. The largest absolute Gasteiger partial charge is 0.497 e. The van der Waals surface area contributed by atoms with E-state index in [4.69, 9.17) is 79.8 Å². The Morgan fingerprint density at radius 1 is 0.500 bits per heavy atom. The molecule has 0 aliphatic carbocycles. The van der Waals surface area contributed by atoms with Crippen LogP contribution in [0.3, 0.4) is 0 Å². The Hall–Kier alpha value is 2.49. The zero-order valence-electron chi connectivity index (χ0n) is 15.9. The second-order valence-corrected chi connectivity index (χ2v) is 34.2. The molecular weight excluding hydrogens is 529 g/mol. The predicted octanol–water partition coefficient (Wildman–Crippen LogP) is 7.42. The first kappa shape index (κ1) is 28.5. The number of hydrogen-bond acceptors (Lipinski definition) is 3. The Labute approximate surface area is 190 Å². The van der Waals surface area contributed by atoms with E-state index in [-0.39, 0.29) is 0 Å². The van der Waals surface area contributed by atoms with E-state index < -0.39 is 28.9 Å². The summed E-state index contributed by atoms with van der Waals surface area (Å²) in [6, 6.07) is 2.31. The van der Waals surface area contributed by atoms with Crippen LogP contribution in [0.15, 0.2) is 0 Å². The van der Waals surface area contributed by atoms with Crippen molar-refractivity contribution in [2.24, 2.45) is 0 Å². The smallest absolute Gasteiger partial charge is 0.374 e. The maximum Gasteiger partial charge on any atom is 0.497 e. The van der Waals surface area contributed by atoms with Crippen LogP contribution in [0.5, 0.6) is 0 Å². The predicted molar refractivity (Wildman–Crippen MR) is 128 cm³/mol. The van der Waals surface area contributed by atoms with Gasteiger partial charge in [-0.2, -0.15) is 0 Å². The molecule has 0 heterocycles. The lowest BCUT2D eigenvalue weighted by Gasteiger charge is -2.27. The molecule has 0 saturated heterocycles. The molecule has 0 aromatic carbocycles. The molecule has 0 aromatic rings. The van der Waals surface area contributed by atoms with Crippen molar-refractivity contribution in [1.82, 2.24) is 0 Å². The van der Waals surface area contributed by atoms with Crippen LogP contribution in [0, 0.1) is 0 Å². The molecule has 0 radical (unpaired) electrons.